The van der Waals surface area contributed by atoms with E-state index in [2.05, 4.69) is 57.1 Å². The first kappa shape index (κ1) is 27.3. The summed E-state index contributed by atoms with van der Waals surface area (Å²) in [6, 6.07) is 21.5. The molecule has 2 heterocycles. The molecule has 0 amide bonds. The van der Waals surface area contributed by atoms with Crippen molar-refractivity contribution in [3.8, 4) is 0 Å². The summed E-state index contributed by atoms with van der Waals surface area (Å²) in [6.07, 6.45) is 4.51. The first-order chi connectivity index (χ1) is 16.0. The minimum Gasteiger partial charge on any atom is -0.242 e. The summed E-state index contributed by atoms with van der Waals surface area (Å²) in [5, 5.41) is 0. The Morgan fingerprint density at radius 3 is 1.24 bits per heavy atom. The summed E-state index contributed by atoms with van der Waals surface area (Å²) in [5.41, 5.74) is 2.59. The topological polar surface area (TPSA) is 40.6 Å². The lowest BCUT2D eigenvalue weighted by Crippen LogP contribution is -2.37. The van der Waals surface area contributed by atoms with Crippen LogP contribution in [0.4, 0.5) is 0 Å². The van der Waals surface area contributed by atoms with Crippen molar-refractivity contribution in [2.45, 2.75) is 88.8 Å². The molecular weight excluding hydrogens is 460 g/mol. The average molecular weight is 503 g/mol. The molecule has 34 heavy (non-hydrogen) atoms. The van der Waals surface area contributed by atoms with Gasteiger partial charge >= 0.3 is 0 Å². The summed E-state index contributed by atoms with van der Waals surface area (Å²) < 4.78 is 29.0. The van der Waals surface area contributed by atoms with Crippen molar-refractivity contribution in [3.05, 3.63) is 71.8 Å². The molecule has 0 aromatic heterocycles. The van der Waals surface area contributed by atoms with Gasteiger partial charge in [-0.1, -0.05) is 60.7 Å². The molecule has 2 aromatic carbocycles. The molecule has 2 aromatic rings. The monoisotopic (exact) mass is 502 g/mol. The van der Waals surface area contributed by atoms with E-state index in [4.69, 9.17) is 0 Å². The number of hydrogen-bond donors (Lipinski definition) is 0. The smallest absolute Gasteiger partial charge is 0.100 e. The highest BCUT2D eigenvalue weighted by Crippen LogP contribution is 2.36. The van der Waals surface area contributed by atoms with Gasteiger partial charge in [0, 0.05) is 25.2 Å². The fourth-order valence-electron chi connectivity index (χ4n) is 4.60. The molecule has 4 atom stereocenters. The van der Waals surface area contributed by atoms with E-state index >= 15 is 0 Å². The fraction of sp³-hybridized carbons (Fsp3) is 0.571. The summed E-state index contributed by atoms with van der Waals surface area (Å²) >= 11 is 0. The highest BCUT2D eigenvalue weighted by molar-refractivity contribution is 7.84. The Hall–Kier alpha value is -1.34. The average Bonchev–Trinajstić information content (AvgIpc) is 3.48. The minimum atomic E-state index is -0.910. The van der Waals surface area contributed by atoms with Gasteiger partial charge in [0.25, 0.3) is 0 Å². The van der Waals surface area contributed by atoms with Crippen molar-refractivity contribution < 1.29 is 8.42 Å². The van der Waals surface area contributed by atoms with Crippen LogP contribution >= 0.6 is 0 Å². The first-order valence-corrected chi connectivity index (χ1v) is 14.7. The van der Waals surface area contributed by atoms with Crippen LogP contribution in [0.15, 0.2) is 60.7 Å². The van der Waals surface area contributed by atoms with Crippen LogP contribution in [0.1, 0.15) is 90.4 Å². The van der Waals surface area contributed by atoms with Crippen LogP contribution < -0.4 is 0 Å². The SMILES string of the molecule is CC(C)(C)[S@](=O)N1CCC[C@@H]1c1ccccc1.CC(C)(C)[S@](=O)N1CCC[C@H]1c1ccccc1. The molecule has 4 nitrogen and oxygen atoms in total. The number of nitrogens with zero attached hydrogens (tertiary/aromatic N) is 2. The quantitative estimate of drug-likeness (QED) is 0.474. The Labute approximate surface area is 212 Å². The second-order valence-corrected chi connectivity index (χ2v) is 15.5. The van der Waals surface area contributed by atoms with Gasteiger partial charge in [-0.05, 0) is 78.4 Å². The Morgan fingerprint density at radius 2 is 0.941 bits per heavy atom. The van der Waals surface area contributed by atoms with Crippen molar-refractivity contribution in [1.82, 2.24) is 8.61 Å². The van der Waals surface area contributed by atoms with Crippen LogP contribution in [-0.2, 0) is 22.0 Å². The lowest BCUT2D eigenvalue weighted by Gasteiger charge is -2.30. The molecule has 0 aliphatic carbocycles. The van der Waals surface area contributed by atoms with Gasteiger partial charge in [0.15, 0.2) is 0 Å². The number of benzene rings is 2. The maximum absolute atomic E-state index is 12.5. The van der Waals surface area contributed by atoms with E-state index in [1.54, 1.807) is 0 Å². The first-order valence-electron chi connectivity index (χ1n) is 12.5. The third-order valence-corrected chi connectivity index (χ3v) is 10.1. The molecule has 6 heteroatoms. The zero-order valence-electron chi connectivity index (χ0n) is 21.7. The standard InChI is InChI=1S/2C14H21NOS/c2*1-14(2,3)17(16)15-11-7-10-13(15)12-8-5-4-6-9-12/h2*4-6,8-9,13H,7,10-11H2,1-3H3/t13-,17+;13-,17-/m10/s1. The van der Waals surface area contributed by atoms with Gasteiger partial charge in [-0.15, -0.1) is 0 Å². The van der Waals surface area contributed by atoms with Gasteiger partial charge in [0.1, 0.15) is 22.0 Å². The number of hydrogen-bond acceptors (Lipinski definition) is 2. The van der Waals surface area contributed by atoms with Crippen LogP contribution in [-0.4, -0.2) is 39.6 Å². The minimum absolute atomic E-state index is 0.169. The van der Waals surface area contributed by atoms with Crippen molar-refractivity contribution >= 4 is 22.0 Å². The molecule has 0 radical (unpaired) electrons. The molecule has 188 valence electrons. The highest BCUT2D eigenvalue weighted by Gasteiger charge is 2.36. The second kappa shape index (κ2) is 11.6. The lowest BCUT2D eigenvalue weighted by atomic mass is 10.1. The Kier molecular flexibility index (Phi) is 9.29. The van der Waals surface area contributed by atoms with E-state index in [0.717, 1.165) is 38.8 Å². The molecule has 0 unspecified atom stereocenters. The predicted molar refractivity (Wildman–Crippen MR) is 146 cm³/mol. The van der Waals surface area contributed by atoms with Gasteiger partial charge in [-0.25, -0.2) is 17.0 Å². The third kappa shape index (κ3) is 6.87. The van der Waals surface area contributed by atoms with Crippen molar-refractivity contribution in [2.75, 3.05) is 13.1 Å². The summed E-state index contributed by atoms with van der Waals surface area (Å²) in [5.74, 6) is 0. The molecule has 2 aliphatic heterocycles. The van der Waals surface area contributed by atoms with E-state index in [1.807, 2.05) is 53.7 Å². The Bertz CT molecular complexity index is 872. The summed E-state index contributed by atoms with van der Waals surface area (Å²) in [7, 11) is -1.82. The number of rotatable bonds is 4. The van der Waals surface area contributed by atoms with Gasteiger partial charge in [0.2, 0.25) is 0 Å². The van der Waals surface area contributed by atoms with Crippen LogP contribution in [0.5, 0.6) is 0 Å². The molecule has 0 bridgehead atoms. The van der Waals surface area contributed by atoms with E-state index in [9.17, 15) is 8.42 Å². The fourth-order valence-corrected chi connectivity index (χ4v) is 7.51. The lowest BCUT2D eigenvalue weighted by molar-refractivity contribution is 0.416. The van der Waals surface area contributed by atoms with Gasteiger partial charge < -0.3 is 0 Å². The zero-order valence-corrected chi connectivity index (χ0v) is 23.3. The van der Waals surface area contributed by atoms with Crippen molar-refractivity contribution in [2.24, 2.45) is 0 Å². The van der Waals surface area contributed by atoms with Crippen LogP contribution in [0.3, 0.4) is 0 Å². The predicted octanol–water partition coefficient (Wildman–Crippen LogP) is 6.57. The van der Waals surface area contributed by atoms with E-state index < -0.39 is 22.0 Å². The maximum atomic E-state index is 12.5. The molecule has 0 N–H and O–H groups in total. The van der Waals surface area contributed by atoms with Gasteiger partial charge in [0.05, 0.1) is 9.49 Å². The second-order valence-electron chi connectivity index (χ2n) is 11.1. The maximum Gasteiger partial charge on any atom is 0.100 e. The molecule has 2 aliphatic rings. The van der Waals surface area contributed by atoms with Crippen molar-refractivity contribution in [1.29, 1.82) is 0 Å². The highest BCUT2D eigenvalue weighted by atomic mass is 32.2. The van der Waals surface area contributed by atoms with Crippen LogP contribution in [0, 0.1) is 0 Å². The van der Waals surface area contributed by atoms with Crippen molar-refractivity contribution in [3.63, 3.8) is 0 Å². The summed E-state index contributed by atoms with van der Waals surface area (Å²) in [4.78, 5) is 0. The molecule has 2 saturated heterocycles. The largest absolute Gasteiger partial charge is 0.242 e. The van der Waals surface area contributed by atoms with Gasteiger partial charge in [-0.2, -0.15) is 0 Å². The molecular formula is C28H42N2O2S2. The normalized spacial score (nSPS) is 23.8. The Morgan fingerprint density at radius 1 is 0.618 bits per heavy atom. The molecule has 0 spiro atoms. The third-order valence-electron chi connectivity index (χ3n) is 6.25. The summed E-state index contributed by atoms with van der Waals surface area (Å²) in [6.45, 7) is 14.2. The molecule has 0 saturated carbocycles. The van der Waals surface area contributed by atoms with E-state index in [0.29, 0.717) is 12.1 Å². The van der Waals surface area contributed by atoms with E-state index in [1.165, 1.54) is 11.1 Å². The zero-order chi connectivity index (χ0) is 24.9. The van der Waals surface area contributed by atoms with E-state index in [-0.39, 0.29) is 9.49 Å². The molecule has 4 rings (SSSR count). The van der Waals surface area contributed by atoms with Gasteiger partial charge in [-0.3, -0.25) is 0 Å². The van der Waals surface area contributed by atoms with Crippen LogP contribution in [0.2, 0.25) is 0 Å². The van der Waals surface area contributed by atoms with Crippen LogP contribution in [0.25, 0.3) is 0 Å². The Balaban J connectivity index is 0.000000191. The molecule has 2 fully saturated rings.